The topological polar surface area (TPSA) is 55.6 Å². The smallest absolute Gasteiger partial charge is 0.0916 e. The number of nitrogens with zero attached hydrogens (tertiary/aromatic N) is 4. The lowest BCUT2D eigenvalue weighted by Crippen LogP contribution is -2.24. The fourth-order valence-corrected chi connectivity index (χ4v) is 2.79. The molecular formula is C12H18ClN5S. The van der Waals surface area contributed by atoms with Crippen molar-refractivity contribution in [2.75, 3.05) is 6.54 Å². The van der Waals surface area contributed by atoms with E-state index in [2.05, 4.69) is 33.0 Å². The minimum atomic E-state index is 0.127. The van der Waals surface area contributed by atoms with Crippen LogP contribution in [-0.4, -0.2) is 25.1 Å². The Morgan fingerprint density at radius 3 is 2.84 bits per heavy atom. The van der Waals surface area contributed by atoms with Crippen LogP contribution in [0, 0.1) is 6.92 Å². The molecule has 1 N–H and O–H groups in total. The number of hydrogen-bond acceptors (Lipinski definition) is 5. The molecule has 0 bridgehead atoms. The highest BCUT2D eigenvalue weighted by Crippen LogP contribution is 2.25. The fourth-order valence-electron chi connectivity index (χ4n) is 2.11. The summed E-state index contributed by atoms with van der Waals surface area (Å²) < 4.78 is 10.4. The summed E-state index contributed by atoms with van der Waals surface area (Å²) in [4.78, 5) is 0. The van der Waals surface area contributed by atoms with E-state index in [-0.39, 0.29) is 6.04 Å². The van der Waals surface area contributed by atoms with Crippen molar-refractivity contribution in [3.05, 3.63) is 28.3 Å². The summed E-state index contributed by atoms with van der Waals surface area (Å²) in [5.74, 6) is 0. The van der Waals surface area contributed by atoms with E-state index in [1.165, 1.54) is 11.7 Å². The van der Waals surface area contributed by atoms with Crippen LogP contribution in [-0.2, 0) is 13.0 Å². The van der Waals surface area contributed by atoms with E-state index in [0.29, 0.717) is 0 Å². The van der Waals surface area contributed by atoms with Crippen molar-refractivity contribution in [2.45, 2.75) is 39.8 Å². The van der Waals surface area contributed by atoms with Crippen molar-refractivity contribution in [1.82, 2.24) is 23.8 Å². The van der Waals surface area contributed by atoms with Gasteiger partial charge in [0.2, 0.25) is 0 Å². The number of aromatic nitrogens is 4. The predicted molar refractivity (Wildman–Crippen MR) is 77.7 cm³/mol. The molecule has 2 aromatic rings. The molecule has 0 aliphatic heterocycles. The average Bonchev–Trinajstić information content (AvgIpc) is 3.01. The Morgan fingerprint density at radius 1 is 1.47 bits per heavy atom. The number of rotatable bonds is 6. The van der Waals surface area contributed by atoms with Gasteiger partial charge < -0.3 is 5.32 Å². The molecule has 0 saturated heterocycles. The van der Waals surface area contributed by atoms with Gasteiger partial charge >= 0.3 is 0 Å². The summed E-state index contributed by atoms with van der Waals surface area (Å²) in [6, 6.07) is 0.127. The highest BCUT2D eigenvalue weighted by atomic mass is 35.5. The molecule has 5 nitrogen and oxygen atoms in total. The molecule has 1 atom stereocenters. The van der Waals surface area contributed by atoms with Crippen molar-refractivity contribution < 1.29 is 0 Å². The molecular weight excluding hydrogens is 282 g/mol. The van der Waals surface area contributed by atoms with Crippen LogP contribution in [0.25, 0.3) is 0 Å². The Kier molecular flexibility index (Phi) is 4.90. The van der Waals surface area contributed by atoms with Gasteiger partial charge in [0.05, 0.1) is 46.1 Å². The van der Waals surface area contributed by atoms with E-state index in [0.717, 1.165) is 41.6 Å². The predicted octanol–water partition coefficient (Wildman–Crippen LogP) is 2.61. The Labute approximate surface area is 122 Å². The first-order valence-electron chi connectivity index (χ1n) is 6.39. The number of likely N-dealkylation sites (N-methyl/N-ethyl adjacent to an activating group) is 1. The maximum Gasteiger partial charge on any atom is 0.0916 e. The summed E-state index contributed by atoms with van der Waals surface area (Å²) in [5.41, 5.74) is 2.90. The third-order valence-electron chi connectivity index (χ3n) is 3.04. The SMILES string of the molecule is CCNC(Cc1c(Cl)c(C)nn1CC)c1cnsn1. The zero-order valence-electron chi connectivity index (χ0n) is 11.4. The zero-order valence-corrected chi connectivity index (χ0v) is 12.9. The molecule has 0 aliphatic rings. The minimum absolute atomic E-state index is 0.127. The van der Waals surface area contributed by atoms with Gasteiger partial charge in [-0.25, -0.2) is 0 Å². The average molecular weight is 300 g/mol. The second kappa shape index (κ2) is 6.45. The molecule has 0 aromatic carbocycles. The molecule has 0 radical (unpaired) electrons. The first-order valence-corrected chi connectivity index (χ1v) is 7.50. The minimum Gasteiger partial charge on any atom is -0.309 e. The van der Waals surface area contributed by atoms with Crippen LogP contribution in [0.2, 0.25) is 5.02 Å². The van der Waals surface area contributed by atoms with Gasteiger partial charge in [-0.2, -0.15) is 13.8 Å². The van der Waals surface area contributed by atoms with Crippen LogP contribution in [0.5, 0.6) is 0 Å². The Bertz CT molecular complexity index is 522. The van der Waals surface area contributed by atoms with E-state index in [1.807, 2.05) is 17.8 Å². The van der Waals surface area contributed by atoms with Crippen molar-refractivity contribution in [3.8, 4) is 0 Å². The van der Waals surface area contributed by atoms with Gasteiger partial charge in [-0.1, -0.05) is 18.5 Å². The molecule has 2 heterocycles. The molecule has 104 valence electrons. The molecule has 0 spiro atoms. The fraction of sp³-hybridized carbons (Fsp3) is 0.583. The van der Waals surface area contributed by atoms with E-state index in [4.69, 9.17) is 11.6 Å². The van der Waals surface area contributed by atoms with E-state index in [1.54, 1.807) is 0 Å². The van der Waals surface area contributed by atoms with Crippen molar-refractivity contribution in [2.24, 2.45) is 0 Å². The second-order valence-electron chi connectivity index (χ2n) is 4.31. The van der Waals surface area contributed by atoms with Crippen LogP contribution >= 0.6 is 23.3 Å². The van der Waals surface area contributed by atoms with E-state index in [9.17, 15) is 0 Å². The van der Waals surface area contributed by atoms with Crippen molar-refractivity contribution in [1.29, 1.82) is 0 Å². The van der Waals surface area contributed by atoms with Gasteiger partial charge in [-0.15, -0.1) is 0 Å². The lowest BCUT2D eigenvalue weighted by molar-refractivity contribution is 0.509. The van der Waals surface area contributed by atoms with Gasteiger partial charge in [0, 0.05) is 13.0 Å². The highest BCUT2D eigenvalue weighted by Gasteiger charge is 2.20. The monoisotopic (exact) mass is 299 g/mol. The maximum absolute atomic E-state index is 6.35. The highest BCUT2D eigenvalue weighted by molar-refractivity contribution is 6.99. The van der Waals surface area contributed by atoms with Crippen LogP contribution in [0.15, 0.2) is 6.20 Å². The lowest BCUT2D eigenvalue weighted by atomic mass is 10.1. The molecule has 7 heteroatoms. The molecule has 2 aromatic heterocycles. The van der Waals surface area contributed by atoms with Gasteiger partial charge in [-0.05, 0) is 20.4 Å². The van der Waals surface area contributed by atoms with Crippen LogP contribution in [0.4, 0.5) is 0 Å². The number of halogens is 1. The Morgan fingerprint density at radius 2 is 2.26 bits per heavy atom. The summed E-state index contributed by atoms with van der Waals surface area (Å²) in [5, 5.41) is 8.63. The maximum atomic E-state index is 6.35. The third kappa shape index (κ3) is 3.13. The number of nitrogens with one attached hydrogen (secondary N) is 1. The van der Waals surface area contributed by atoms with Gasteiger partial charge in [0.25, 0.3) is 0 Å². The molecule has 0 aliphatic carbocycles. The van der Waals surface area contributed by atoms with E-state index < -0.39 is 0 Å². The summed E-state index contributed by atoms with van der Waals surface area (Å²) >= 11 is 7.58. The summed E-state index contributed by atoms with van der Waals surface area (Å²) in [6.07, 6.45) is 2.58. The quantitative estimate of drug-likeness (QED) is 0.891. The molecule has 2 rings (SSSR count). The number of hydrogen-bond donors (Lipinski definition) is 1. The second-order valence-corrected chi connectivity index (χ2v) is 5.24. The first kappa shape index (κ1) is 14.4. The van der Waals surface area contributed by atoms with Gasteiger partial charge in [0.1, 0.15) is 0 Å². The zero-order chi connectivity index (χ0) is 13.8. The van der Waals surface area contributed by atoms with Crippen molar-refractivity contribution in [3.63, 3.8) is 0 Å². The van der Waals surface area contributed by atoms with Gasteiger partial charge in [-0.3, -0.25) is 4.68 Å². The van der Waals surface area contributed by atoms with Crippen LogP contribution in [0.3, 0.4) is 0 Å². The van der Waals surface area contributed by atoms with Crippen LogP contribution < -0.4 is 5.32 Å². The molecule has 0 saturated carbocycles. The largest absolute Gasteiger partial charge is 0.309 e. The lowest BCUT2D eigenvalue weighted by Gasteiger charge is -2.16. The Hall–Kier alpha value is -0.980. The number of aryl methyl sites for hydroxylation is 2. The molecule has 19 heavy (non-hydrogen) atoms. The third-order valence-corrected chi connectivity index (χ3v) is 4.02. The first-order chi connectivity index (χ1) is 9.17. The Balaban J connectivity index is 2.27. The molecule has 0 amide bonds. The normalized spacial score (nSPS) is 12.8. The van der Waals surface area contributed by atoms with Gasteiger partial charge in [0.15, 0.2) is 0 Å². The molecule has 1 unspecified atom stereocenters. The molecule has 0 fully saturated rings. The summed E-state index contributed by atoms with van der Waals surface area (Å²) in [6.45, 7) is 7.77. The van der Waals surface area contributed by atoms with Crippen molar-refractivity contribution >= 4 is 23.3 Å². The van der Waals surface area contributed by atoms with E-state index >= 15 is 0 Å². The van der Waals surface area contributed by atoms with Crippen LogP contribution in [0.1, 0.15) is 37.0 Å². The summed E-state index contributed by atoms with van der Waals surface area (Å²) in [7, 11) is 0. The standard InChI is InChI=1S/C12H18ClN5S/c1-4-14-9(10-7-15-19-17-10)6-11-12(13)8(3)16-18(11)5-2/h7,9,14H,4-6H2,1-3H3.